The summed E-state index contributed by atoms with van der Waals surface area (Å²) in [6, 6.07) is 7.96. The van der Waals surface area contributed by atoms with Crippen molar-refractivity contribution < 1.29 is 14.3 Å². The average molecular weight is 392 g/mol. The van der Waals surface area contributed by atoms with Gasteiger partial charge in [-0.3, -0.25) is 0 Å². The van der Waals surface area contributed by atoms with Gasteiger partial charge in [-0.25, -0.2) is 4.79 Å². The van der Waals surface area contributed by atoms with Crippen LogP contribution in [0.4, 0.5) is 4.79 Å². The zero-order chi connectivity index (χ0) is 20.5. The maximum atomic E-state index is 11.8. The van der Waals surface area contributed by atoms with Gasteiger partial charge in [-0.15, -0.1) is 0 Å². The molecule has 1 aromatic rings. The standard InChI is InChI=1S/C24H41NO3/c1-4-6-7-8-9-10-11-12-13-14-15-23(28-24(26)25-5-2)20-27-22-18-16-21(3)17-19-22/h16-19,23H,4-15,20H2,1-3H3,(H,25,26). The molecule has 1 rings (SSSR count). The van der Waals surface area contributed by atoms with Crippen LogP contribution < -0.4 is 10.1 Å². The maximum Gasteiger partial charge on any atom is 0.407 e. The first-order valence-corrected chi connectivity index (χ1v) is 11.3. The summed E-state index contributed by atoms with van der Waals surface area (Å²) in [4.78, 5) is 11.8. The molecule has 1 unspecified atom stereocenters. The Morgan fingerprint density at radius 2 is 1.46 bits per heavy atom. The number of nitrogens with one attached hydrogen (secondary N) is 1. The first-order chi connectivity index (χ1) is 13.7. The first kappa shape index (κ1) is 24.3. The predicted molar refractivity (Wildman–Crippen MR) is 117 cm³/mol. The topological polar surface area (TPSA) is 47.6 Å². The van der Waals surface area contributed by atoms with E-state index in [0.717, 1.165) is 18.6 Å². The Bertz CT molecular complexity index is 501. The van der Waals surface area contributed by atoms with Crippen LogP contribution >= 0.6 is 0 Å². The van der Waals surface area contributed by atoms with E-state index in [-0.39, 0.29) is 12.2 Å². The summed E-state index contributed by atoms with van der Waals surface area (Å²) in [5, 5.41) is 2.70. The number of unbranched alkanes of at least 4 members (excludes halogenated alkanes) is 9. The van der Waals surface area contributed by atoms with Crippen molar-refractivity contribution in [3.8, 4) is 5.75 Å². The minimum absolute atomic E-state index is 0.207. The van der Waals surface area contributed by atoms with Gasteiger partial charge in [-0.05, 0) is 38.8 Å². The summed E-state index contributed by atoms with van der Waals surface area (Å²) in [6.45, 7) is 7.17. The molecular formula is C24H41NO3. The van der Waals surface area contributed by atoms with Gasteiger partial charge < -0.3 is 14.8 Å². The number of rotatable bonds is 16. The van der Waals surface area contributed by atoms with Gasteiger partial charge in [0.15, 0.2) is 0 Å². The predicted octanol–water partition coefficient (Wildman–Crippen LogP) is 6.80. The van der Waals surface area contributed by atoms with Crippen molar-refractivity contribution in [2.45, 2.75) is 97.5 Å². The first-order valence-electron chi connectivity index (χ1n) is 11.3. The van der Waals surface area contributed by atoms with Crippen molar-refractivity contribution in [1.29, 1.82) is 0 Å². The van der Waals surface area contributed by atoms with Crippen molar-refractivity contribution in [2.75, 3.05) is 13.2 Å². The normalized spacial score (nSPS) is 11.8. The average Bonchev–Trinajstić information content (AvgIpc) is 2.68. The second-order valence-electron chi connectivity index (χ2n) is 7.65. The number of carbonyl (C=O) groups is 1. The monoisotopic (exact) mass is 391 g/mol. The van der Waals surface area contributed by atoms with E-state index in [2.05, 4.69) is 19.2 Å². The molecule has 0 saturated carbocycles. The van der Waals surface area contributed by atoms with E-state index < -0.39 is 0 Å². The summed E-state index contributed by atoms with van der Waals surface area (Å²) in [7, 11) is 0. The van der Waals surface area contributed by atoms with Gasteiger partial charge in [-0.1, -0.05) is 82.4 Å². The fourth-order valence-electron chi connectivity index (χ4n) is 3.20. The van der Waals surface area contributed by atoms with Crippen LogP contribution in [0.2, 0.25) is 0 Å². The lowest BCUT2D eigenvalue weighted by Gasteiger charge is -2.19. The van der Waals surface area contributed by atoms with E-state index in [4.69, 9.17) is 9.47 Å². The molecular weight excluding hydrogens is 350 g/mol. The molecule has 1 N–H and O–H groups in total. The van der Waals surface area contributed by atoms with Crippen molar-refractivity contribution in [3.05, 3.63) is 29.8 Å². The number of ether oxygens (including phenoxy) is 2. The lowest BCUT2D eigenvalue weighted by molar-refractivity contribution is 0.0589. The lowest BCUT2D eigenvalue weighted by atomic mass is 10.0. The van der Waals surface area contributed by atoms with Gasteiger partial charge in [-0.2, -0.15) is 0 Å². The molecule has 0 fully saturated rings. The molecule has 0 spiro atoms. The van der Waals surface area contributed by atoms with E-state index in [9.17, 15) is 4.79 Å². The Balaban J connectivity index is 2.23. The molecule has 0 heterocycles. The number of aryl methyl sites for hydroxylation is 1. The maximum absolute atomic E-state index is 11.8. The highest BCUT2D eigenvalue weighted by molar-refractivity contribution is 5.67. The highest BCUT2D eigenvalue weighted by Gasteiger charge is 2.15. The lowest BCUT2D eigenvalue weighted by Crippen LogP contribution is -2.32. The van der Waals surface area contributed by atoms with Crippen LogP contribution in [-0.2, 0) is 4.74 Å². The number of hydrogen-bond donors (Lipinski definition) is 1. The Hall–Kier alpha value is -1.71. The minimum Gasteiger partial charge on any atom is -0.490 e. The molecule has 4 nitrogen and oxygen atoms in total. The Kier molecular flexibility index (Phi) is 14.1. The third-order valence-electron chi connectivity index (χ3n) is 4.93. The highest BCUT2D eigenvalue weighted by atomic mass is 16.6. The molecule has 1 amide bonds. The van der Waals surface area contributed by atoms with Gasteiger partial charge in [0.25, 0.3) is 0 Å². The molecule has 1 atom stereocenters. The van der Waals surface area contributed by atoms with E-state index >= 15 is 0 Å². The summed E-state index contributed by atoms with van der Waals surface area (Å²) in [5.74, 6) is 0.818. The third kappa shape index (κ3) is 12.6. The SMILES string of the molecule is CCCCCCCCCCCCC(COc1ccc(C)cc1)OC(=O)NCC. The van der Waals surface area contributed by atoms with Gasteiger partial charge in [0, 0.05) is 6.54 Å². The Labute approximate surface area is 172 Å². The number of benzene rings is 1. The van der Waals surface area contributed by atoms with Crippen molar-refractivity contribution in [1.82, 2.24) is 5.32 Å². The molecule has 160 valence electrons. The molecule has 4 heteroatoms. The van der Waals surface area contributed by atoms with Crippen LogP contribution in [0.5, 0.6) is 5.75 Å². The van der Waals surface area contributed by atoms with E-state index in [1.54, 1.807) is 0 Å². The number of hydrogen-bond acceptors (Lipinski definition) is 3. The molecule has 0 aliphatic rings. The smallest absolute Gasteiger partial charge is 0.407 e. The van der Waals surface area contributed by atoms with E-state index in [0.29, 0.717) is 13.2 Å². The summed E-state index contributed by atoms with van der Waals surface area (Å²) in [5.41, 5.74) is 1.20. The van der Waals surface area contributed by atoms with Crippen LogP contribution in [0.25, 0.3) is 0 Å². The number of alkyl carbamates (subject to hydrolysis) is 1. The third-order valence-corrected chi connectivity index (χ3v) is 4.93. The van der Waals surface area contributed by atoms with E-state index in [1.807, 2.05) is 31.2 Å². The summed E-state index contributed by atoms with van der Waals surface area (Å²) < 4.78 is 11.4. The molecule has 0 saturated heterocycles. The van der Waals surface area contributed by atoms with Gasteiger partial charge in [0.2, 0.25) is 0 Å². The molecule has 0 aliphatic carbocycles. The Morgan fingerprint density at radius 3 is 2.04 bits per heavy atom. The summed E-state index contributed by atoms with van der Waals surface area (Å²) >= 11 is 0. The zero-order valence-corrected chi connectivity index (χ0v) is 18.3. The van der Waals surface area contributed by atoms with Crippen LogP contribution in [0, 0.1) is 6.92 Å². The van der Waals surface area contributed by atoms with Gasteiger partial charge in [0.1, 0.15) is 18.5 Å². The van der Waals surface area contributed by atoms with Gasteiger partial charge >= 0.3 is 6.09 Å². The highest BCUT2D eigenvalue weighted by Crippen LogP contribution is 2.16. The van der Waals surface area contributed by atoms with Gasteiger partial charge in [0.05, 0.1) is 0 Å². The van der Waals surface area contributed by atoms with Crippen LogP contribution in [0.3, 0.4) is 0 Å². The molecule has 28 heavy (non-hydrogen) atoms. The van der Waals surface area contributed by atoms with Crippen molar-refractivity contribution >= 4 is 6.09 Å². The molecule has 0 bridgehead atoms. The Morgan fingerprint density at radius 1 is 0.893 bits per heavy atom. The molecule has 1 aromatic carbocycles. The van der Waals surface area contributed by atoms with Crippen LogP contribution in [0.1, 0.15) is 90.0 Å². The second kappa shape index (κ2) is 16.3. The van der Waals surface area contributed by atoms with Crippen LogP contribution in [0.15, 0.2) is 24.3 Å². The summed E-state index contributed by atoms with van der Waals surface area (Å²) in [6.07, 6.45) is 13.3. The van der Waals surface area contributed by atoms with Crippen molar-refractivity contribution in [3.63, 3.8) is 0 Å². The number of amides is 1. The van der Waals surface area contributed by atoms with Crippen LogP contribution in [-0.4, -0.2) is 25.3 Å². The molecule has 0 aliphatic heterocycles. The number of carbonyl (C=O) groups excluding carboxylic acids is 1. The van der Waals surface area contributed by atoms with Crippen molar-refractivity contribution in [2.24, 2.45) is 0 Å². The fraction of sp³-hybridized carbons (Fsp3) is 0.708. The zero-order valence-electron chi connectivity index (χ0n) is 18.3. The fourth-order valence-corrected chi connectivity index (χ4v) is 3.20. The largest absolute Gasteiger partial charge is 0.490 e. The molecule has 0 aromatic heterocycles. The van der Waals surface area contributed by atoms with E-state index in [1.165, 1.54) is 63.4 Å². The molecule has 0 radical (unpaired) electrons. The minimum atomic E-state index is -0.355. The second-order valence-corrected chi connectivity index (χ2v) is 7.65. The quantitative estimate of drug-likeness (QED) is 0.315.